The summed E-state index contributed by atoms with van der Waals surface area (Å²) in [6.07, 6.45) is -0.288. The minimum Gasteiger partial charge on any atom is -0.443 e. The molecular formula is C25H36Cl2N6O8S2. The van der Waals surface area contributed by atoms with Gasteiger partial charge in [0.2, 0.25) is 5.91 Å². The molecule has 43 heavy (non-hydrogen) atoms. The Labute approximate surface area is 261 Å². The van der Waals surface area contributed by atoms with Gasteiger partial charge in [-0.2, -0.15) is 25.9 Å². The molecule has 0 radical (unpaired) electrons. The molecule has 1 aromatic carbocycles. The molecule has 0 aliphatic carbocycles. The van der Waals surface area contributed by atoms with Crippen LogP contribution < -0.4 is 19.5 Å². The molecule has 0 bridgehead atoms. The molecule has 2 heterocycles. The van der Waals surface area contributed by atoms with Gasteiger partial charge in [0.25, 0.3) is 5.91 Å². The van der Waals surface area contributed by atoms with Gasteiger partial charge in [0.15, 0.2) is 0 Å². The number of nitrogens with one attached hydrogen (secondary N) is 4. The number of fused-ring (bicyclic) bond motifs is 1. The number of carbonyl (C=O) groups excluding carboxylic acids is 3. The molecule has 240 valence electrons. The van der Waals surface area contributed by atoms with E-state index in [1.54, 1.807) is 55.3 Å². The van der Waals surface area contributed by atoms with Crippen molar-refractivity contribution in [2.45, 2.75) is 64.5 Å². The van der Waals surface area contributed by atoms with E-state index in [2.05, 4.69) is 10.0 Å². The number of benzene rings is 1. The van der Waals surface area contributed by atoms with Crippen molar-refractivity contribution >= 4 is 72.4 Å². The molecule has 0 atom stereocenters. The Kier molecular flexibility index (Phi) is 10.7. The minimum atomic E-state index is -4.23. The maximum absolute atomic E-state index is 13.6. The highest BCUT2D eigenvalue weighted by Crippen LogP contribution is 2.34. The molecular weight excluding hydrogens is 647 g/mol. The molecule has 18 heteroatoms. The van der Waals surface area contributed by atoms with Crippen molar-refractivity contribution in [1.82, 2.24) is 28.4 Å². The summed E-state index contributed by atoms with van der Waals surface area (Å²) in [6, 6.07) is 4.97. The lowest BCUT2D eigenvalue weighted by atomic mass is 9.83. The number of hydrogen-bond donors (Lipinski definition) is 4. The number of carbonyl (C=O) groups is 3. The SMILES string of the molecule is CC(=O)NS(=O)(=O)N1CCC(CCCNS(=O)(=O)NC(=O)OC(C)(C)C)(NC(=O)c2cc3c(Cl)c(Cl)ccc3n2C)CC1. The van der Waals surface area contributed by atoms with E-state index in [-0.39, 0.29) is 51.0 Å². The number of hydrogen-bond acceptors (Lipinski definition) is 8. The highest BCUT2D eigenvalue weighted by atomic mass is 35.5. The second-order valence-corrected chi connectivity index (χ2v) is 15.2. The third-order valence-electron chi connectivity index (χ3n) is 6.76. The number of aryl methyl sites for hydroxylation is 1. The van der Waals surface area contributed by atoms with Gasteiger partial charge in [-0.05, 0) is 64.7 Å². The van der Waals surface area contributed by atoms with Crippen molar-refractivity contribution < 1.29 is 36.0 Å². The summed E-state index contributed by atoms with van der Waals surface area (Å²) in [4.78, 5) is 36.8. The van der Waals surface area contributed by atoms with E-state index in [9.17, 15) is 31.2 Å². The van der Waals surface area contributed by atoms with Crippen LogP contribution >= 0.6 is 23.2 Å². The molecule has 3 rings (SSSR count). The fourth-order valence-corrected chi connectivity index (χ4v) is 7.07. The lowest BCUT2D eigenvalue weighted by Crippen LogP contribution is -2.58. The van der Waals surface area contributed by atoms with Crippen LogP contribution in [0.3, 0.4) is 0 Å². The number of halogens is 2. The Morgan fingerprint density at radius 2 is 1.67 bits per heavy atom. The predicted octanol–water partition coefficient (Wildman–Crippen LogP) is 2.57. The highest BCUT2D eigenvalue weighted by Gasteiger charge is 2.40. The number of piperidine rings is 1. The van der Waals surface area contributed by atoms with Crippen LogP contribution in [0.25, 0.3) is 10.9 Å². The summed E-state index contributed by atoms with van der Waals surface area (Å²) in [6.45, 7) is 5.76. The molecule has 1 aliphatic rings. The van der Waals surface area contributed by atoms with Gasteiger partial charge in [0.1, 0.15) is 11.3 Å². The quantitative estimate of drug-likeness (QED) is 0.275. The largest absolute Gasteiger partial charge is 0.443 e. The van der Waals surface area contributed by atoms with Crippen LogP contribution in [0.5, 0.6) is 0 Å². The van der Waals surface area contributed by atoms with Crippen LogP contribution in [0.2, 0.25) is 10.0 Å². The average Bonchev–Trinajstić information content (AvgIpc) is 3.19. The Hall–Kier alpha value is -2.63. The lowest BCUT2D eigenvalue weighted by Gasteiger charge is -2.42. The first-order chi connectivity index (χ1) is 19.7. The van der Waals surface area contributed by atoms with Gasteiger partial charge in [0, 0.05) is 50.0 Å². The summed E-state index contributed by atoms with van der Waals surface area (Å²) in [5, 5.41) is 4.26. The van der Waals surface area contributed by atoms with E-state index in [1.807, 2.05) is 4.72 Å². The normalized spacial score (nSPS) is 16.1. The molecule has 0 spiro atoms. The zero-order chi connectivity index (χ0) is 32.4. The van der Waals surface area contributed by atoms with Crippen LogP contribution in [0, 0.1) is 0 Å². The molecule has 3 amide bonds. The van der Waals surface area contributed by atoms with Gasteiger partial charge in [-0.3, -0.25) is 9.59 Å². The van der Waals surface area contributed by atoms with Crippen molar-refractivity contribution in [3.8, 4) is 0 Å². The third kappa shape index (κ3) is 9.18. The predicted molar refractivity (Wildman–Crippen MR) is 162 cm³/mol. The van der Waals surface area contributed by atoms with Crippen molar-refractivity contribution in [3.63, 3.8) is 0 Å². The lowest BCUT2D eigenvalue weighted by molar-refractivity contribution is -0.117. The van der Waals surface area contributed by atoms with Crippen molar-refractivity contribution in [2.75, 3.05) is 19.6 Å². The molecule has 0 saturated carbocycles. The molecule has 4 N–H and O–H groups in total. The fourth-order valence-electron chi connectivity index (χ4n) is 4.79. The smallest absolute Gasteiger partial charge is 0.422 e. The van der Waals surface area contributed by atoms with Crippen LogP contribution in [0.15, 0.2) is 18.2 Å². The van der Waals surface area contributed by atoms with Crippen molar-refractivity contribution in [2.24, 2.45) is 7.05 Å². The maximum atomic E-state index is 13.6. The highest BCUT2D eigenvalue weighted by molar-refractivity contribution is 7.88. The van der Waals surface area contributed by atoms with E-state index in [4.69, 9.17) is 27.9 Å². The van der Waals surface area contributed by atoms with Gasteiger partial charge >= 0.3 is 26.5 Å². The molecule has 0 unspecified atom stereocenters. The van der Waals surface area contributed by atoms with E-state index in [0.717, 1.165) is 11.2 Å². The minimum absolute atomic E-state index is 0.00856. The van der Waals surface area contributed by atoms with E-state index in [0.29, 0.717) is 20.9 Å². The summed E-state index contributed by atoms with van der Waals surface area (Å²) < 4.78 is 63.5. The van der Waals surface area contributed by atoms with Crippen LogP contribution in [-0.2, 0) is 37.0 Å². The second kappa shape index (κ2) is 13.2. The first-order valence-electron chi connectivity index (χ1n) is 13.3. The summed E-state index contributed by atoms with van der Waals surface area (Å²) in [7, 11) is -6.60. The molecule has 1 aromatic heterocycles. The molecule has 1 aliphatic heterocycles. The Morgan fingerprint density at radius 1 is 1.05 bits per heavy atom. The van der Waals surface area contributed by atoms with Crippen LogP contribution in [0.1, 0.15) is 63.9 Å². The van der Waals surface area contributed by atoms with Crippen LogP contribution in [0.4, 0.5) is 4.79 Å². The summed E-state index contributed by atoms with van der Waals surface area (Å²) in [5.74, 6) is -1.18. The van der Waals surface area contributed by atoms with Gasteiger partial charge in [-0.25, -0.2) is 14.2 Å². The molecule has 1 saturated heterocycles. The number of ether oxygens (including phenoxy) is 1. The number of rotatable bonds is 10. The Balaban J connectivity index is 1.76. The maximum Gasteiger partial charge on any atom is 0.422 e. The third-order valence-corrected chi connectivity index (χ3v) is 10.2. The Morgan fingerprint density at radius 3 is 2.26 bits per heavy atom. The molecule has 1 fully saturated rings. The topological polar surface area (TPSA) is 185 Å². The zero-order valence-electron chi connectivity index (χ0n) is 24.4. The standard InChI is InChI=1S/C25H36Cl2N6O8S2/c1-16(34)30-43(39,40)33-13-10-25(11-14-33,9-6-12-28-42(37,38)31-23(36)41-24(2,3)4)29-22(35)20-15-17-19(32(20)5)8-7-18(26)21(17)27/h7-8,15,28H,6,9-14H2,1-5H3,(H,29,35)(H,30,34)(H,31,36). The number of aromatic nitrogens is 1. The van der Waals surface area contributed by atoms with Gasteiger partial charge in [-0.1, -0.05) is 23.2 Å². The van der Waals surface area contributed by atoms with Crippen molar-refractivity contribution in [1.29, 1.82) is 0 Å². The Bertz CT molecular complexity index is 1610. The average molecular weight is 684 g/mol. The second-order valence-electron chi connectivity index (χ2n) is 11.3. The fraction of sp³-hybridized carbons (Fsp3) is 0.560. The van der Waals surface area contributed by atoms with E-state index in [1.165, 1.54) is 0 Å². The van der Waals surface area contributed by atoms with E-state index < -0.39 is 49.5 Å². The number of nitrogens with zero attached hydrogens (tertiary/aromatic N) is 2. The van der Waals surface area contributed by atoms with Crippen molar-refractivity contribution in [3.05, 3.63) is 33.9 Å². The summed E-state index contributed by atoms with van der Waals surface area (Å²) >= 11 is 12.5. The van der Waals surface area contributed by atoms with E-state index >= 15 is 0 Å². The first-order valence-corrected chi connectivity index (χ1v) is 17.0. The summed E-state index contributed by atoms with van der Waals surface area (Å²) in [5.41, 5.74) is -0.860. The number of amides is 3. The van der Waals surface area contributed by atoms with Gasteiger partial charge in [0.05, 0.1) is 10.0 Å². The monoisotopic (exact) mass is 682 g/mol. The molecule has 14 nitrogen and oxygen atoms in total. The van der Waals surface area contributed by atoms with Gasteiger partial charge in [-0.15, -0.1) is 0 Å². The first kappa shape index (κ1) is 34.9. The van der Waals surface area contributed by atoms with Gasteiger partial charge < -0.3 is 14.6 Å². The molecule has 2 aromatic rings. The zero-order valence-corrected chi connectivity index (χ0v) is 27.6. The van der Waals surface area contributed by atoms with Crippen LogP contribution in [-0.4, -0.2) is 74.4 Å².